The first-order chi connectivity index (χ1) is 12.5. The molecule has 12 heteroatoms. The van der Waals surface area contributed by atoms with Crippen molar-refractivity contribution in [2.45, 2.75) is 37.0 Å². The first-order valence-corrected chi connectivity index (χ1v) is 9.15. The van der Waals surface area contributed by atoms with Crippen LogP contribution >= 0.6 is 0 Å². The molecule has 0 aliphatic heterocycles. The largest absolute Gasteiger partial charge is 0.451 e. The number of carbonyl (C=O) groups excluding carboxylic acids is 3. The predicted molar refractivity (Wildman–Crippen MR) is 90.3 cm³/mol. The number of hydrogen-bond donors (Lipinski definition) is 4. The van der Waals surface area contributed by atoms with Gasteiger partial charge in [0.15, 0.2) is 6.10 Å². The van der Waals surface area contributed by atoms with E-state index in [4.69, 9.17) is 4.74 Å². The van der Waals surface area contributed by atoms with Gasteiger partial charge >= 0.3 is 12.0 Å². The second-order valence-electron chi connectivity index (χ2n) is 5.44. The number of rotatable bonds is 7. The number of imide groups is 1. The SMILES string of the molecule is CNC(=O)NC(=O)[C@H](C)OC(=O)[C@@H](NS(=O)(=O)c1ccc(F)cc1)[C@H](C)O. The van der Waals surface area contributed by atoms with E-state index in [-0.39, 0.29) is 4.90 Å². The topological polar surface area (TPSA) is 151 Å². The molecule has 0 radical (unpaired) electrons. The fourth-order valence-electron chi connectivity index (χ4n) is 1.77. The standard InChI is InChI=1S/C15H20FN3O7S/c1-8(20)12(14(22)26-9(2)13(21)18-15(23)17-3)19-27(24,25)11-6-4-10(16)5-7-11/h4-9,12,19-20H,1-3H3,(H2,17,18,21,23)/t8-,9-,12-/m0/s1. The van der Waals surface area contributed by atoms with Crippen LogP contribution in [0.15, 0.2) is 29.2 Å². The minimum atomic E-state index is -4.29. The number of amides is 3. The normalized spacial score (nSPS) is 14.6. The molecule has 1 aromatic carbocycles. The van der Waals surface area contributed by atoms with Crippen molar-refractivity contribution in [3.8, 4) is 0 Å². The molecule has 0 saturated carbocycles. The number of ether oxygens (including phenoxy) is 1. The molecule has 10 nitrogen and oxygen atoms in total. The van der Waals surface area contributed by atoms with Gasteiger partial charge in [-0.2, -0.15) is 4.72 Å². The summed E-state index contributed by atoms with van der Waals surface area (Å²) in [7, 11) is -3.02. The number of halogens is 1. The highest BCUT2D eigenvalue weighted by atomic mass is 32.2. The highest BCUT2D eigenvalue weighted by Gasteiger charge is 2.33. The molecular formula is C15H20FN3O7S. The lowest BCUT2D eigenvalue weighted by molar-refractivity contribution is -0.158. The molecule has 0 heterocycles. The number of urea groups is 1. The van der Waals surface area contributed by atoms with Crippen LogP contribution in [0.3, 0.4) is 0 Å². The summed E-state index contributed by atoms with van der Waals surface area (Å²) in [4.78, 5) is 34.6. The number of carbonyl (C=O) groups is 3. The van der Waals surface area contributed by atoms with Crippen molar-refractivity contribution in [3.63, 3.8) is 0 Å². The molecule has 3 amide bonds. The Hall–Kier alpha value is -2.57. The summed E-state index contributed by atoms with van der Waals surface area (Å²) in [5, 5.41) is 13.7. The summed E-state index contributed by atoms with van der Waals surface area (Å²) in [6.07, 6.45) is -2.95. The van der Waals surface area contributed by atoms with E-state index in [1.807, 2.05) is 10.0 Å². The average Bonchev–Trinajstić information content (AvgIpc) is 2.59. The van der Waals surface area contributed by atoms with Gasteiger partial charge in [0.05, 0.1) is 11.0 Å². The maximum atomic E-state index is 12.9. The minimum Gasteiger partial charge on any atom is -0.451 e. The van der Waals surface area contributed by atoms with Crippen LogP contribution in [0.1, 0.15) is 13.8 Å². The van der Waals surface area contributed by atoms with Crippen molar-refractivity contribution >= 4 is 27.9 Å². The summed E-state index contributed by atoms with van der Waals surface area (Å²) in [5.74, 6) is -2.85. The fraction of sp³-hybridized carbons (Fsp3) is 0.400. The summed E-state index contributed by atoms with van der Waals surface area (Å²) in [6, 6.07) is 1.20. The van der Waals surface area contributed by atoms with Crippen LogP contribution in [0.25, 0.3) is 0 Å². The molecule has 0 saturated heterocycles. The second-order valence-corrected chi connectivity index (χ2v) is 7.15. The number of aliphatic hydroxyl groups excluding tert-OH is 1. The molecule has 0 bridgehead atoms. The van der Waals surface area contributed by atoms with Gasteiger partial charge in [0.25, 0.3) is 5.91 Å². The third-order valence-corrected chi connectivity index (χ3v) is 4.73. The van der Waals surface area contributed by atoms with Gasteiger partial charge in [-0.25, -0.2) is 17.6 Å². The molecule has 27 heavy (non-hydrogen) atoms. The quantitative estimate of drug-likeness (QED) is 0.435. The molecule has 1 aromatic rings. The first kappa shape index (κ1) is 22.5. The molecule has 3 atom stereocenters. The summed E-state index contributed by atoms with van der Waals surface area (Å²) >= 11 is 0. The van der Waals surface area contributed by atoms with Gasteiger partial charge in [-0.1, -0.05) is 0 Å². The lowest BCUT2D eigenvalue weighted by Gasteiger charge is -2.22. The van der Waals surface area contributed by atoms with Crippen LogP contribution in [-0.4, -0.2) is 56.7 Å². The Morgan fingerprint density at radius 1 is 1.15 bits per heavy atom. The van der Waals surface area contributed by atoms with E-state index in [1.165, 1.54) is 7.05 Å². The average molecular weight is 405 g/mol. The zero-order chi connectivity index (χ0) is 20.8. The Morgan fingerprint density at radius 2 is 1.70 bits per heavy atom. The number of hydrogen-bond acceptors (Lipinski definition) is 7. The van der Waals surface area contributed by atoms with Crippen molar-refractivity contribution in [3.05, 3.63) is 30.1 Å². The number of nitrogens with one attached hydrogen (secondary N) is 3. The van der Waals surface area contributed by atoms with Gasteiger partial charge in [-0.3, -0.25) is 14.9 Å². The Kier molecular flexibility index (Phi) is 7.82. The molecule has 0 fully saturated rings. The molecule has 150 valence electrons. The van der Waals surface area contributed by atoms with Gasteiger partial charge in [0.1, 0.15) is 11.9 Å². The smallest absolute Gasteiger partial charge is 0.327 e. The van der Waals surface area contributed by atoms with Crippen molar-refractivity contribution < 1.29 is 37.0 Å². The zero-order valence-electron chi connectivity index (χ0n) is 14.7. The third-order valence-electron chi connectivity index (χ3n) is 3.27. The summed E-state index contributed by atoms with van der Waals surface area (Å²) in [6.45, 7) is 2.29. The van der Waals surface area contributed by atoms with E-state index < -0.39 is 52.0 Å². The molecule has 0 unspecified atom stereocenters. The highest BCUT2D eigenvalue weighted by molar-refractivity contribution is 7.89. The van der Waals surface area contributed by atoms with Crippen molar-refractivity contribution in [2.24, 2.45) is 0 Å². The van der Waals surface area contributed by atoms with Crippen molar-refractivity contribution in [1.82, 2.24) is 15.4 Å². The second kappa shape index (κ2) is 9.39. The van der Waals surface area contributed by atoms with Crippen LogP contribution < -0.4 is 15.4 Å². The van der Waals surface area contributed by atoms with E-state index in [9.17, 15) is 32.3 Å². The lowest BCUT2D eigenvalue weighted by atomic mass is 10.2. The Bertz CT molecular complexity index is 796. The van der Waals surface area contributed by atoms with Crippen molar-refractivity contribution in [2.75, 3.05) is 7.05 Å². The van der Waals surface area contributed by atoms with Gasteiger partial charge in [0, 0.05) is 7.05 Å². The predicted octanol–water partition coefficient (Wildman–Crippen LogP) is -0.759. The number of esters is 1. The molecule has 4 N–H and O–H groups in total. The maximum absolute atomic E-state index is 12.9. The zero-order valence-corrected chi connectivity index (χ0v) is 15.5. The van der Waals surface area contributed by atoms with E-state index >= 15 is 0 Å². The van der Waals surface area contributed by atoms with Crippen molar-refractivity contribution in [1.29, 1.82) is 0 Å². The van der Waals surface area contributed by atoms with E-state index in [0.717, 1.165) is 38.1 Å². The Morgan fingerprint density at radius 3 is 2.19 bits per heavy atom. The molecule has 1 rings (SSSR count). The van der Waals surface area contributed by atoms with Gasteiger partial charge in [0.2, 0.25) is 10.0 Å². The third kappa shape index (κ3) is 6.58. The Balaban J connectivity index is 2.88. The number of aliphatic hydroxyl groups is 1. The van der Waals surface area contributed by atoms with E-state index in [1.54, 1.807) is 0 Å². The maximum Gasteiger partial charge on any atom is 0.327 e. The van der Waals surface area contributed by atoms with Crippen LogP contribution in [0.5, 0.6) is 0 Å². The van der Waals surface area contributed by atoms with E-state index in [0.29, 0.717) is 0 Å². The molecule has 0 aliphatic rings. The Labute approximate surface area is 155 Å². The van der Waals surface area contributed by atoms with Crippen LogP contribution in [-0.2, 0) is 24.3 Å². The van der Waals surface area contributed by atoms with Gasteiger partial charge in [-0.05, 0) is 38.1 Å². The van der Waals surface area contributed by atoms with Crippen LogP contribution in [0.2, 0.25) is 0 Å². The molecule has 0 aliphatic carbocycles. The number of benzene rings is 1. The minimum absolute atomic E-state index is 0.340. The molecule has 0 aromatic heterocycles. The van der Waals surface area contributed by atoms with Gasteiger partial charge in [-0.15, -0.1) is 0 Å². The highest BCUT2D eigenvalue weighted by Crippen LogP contribution is 2.12. The molecular weight excluding hydrogens is 385 g/mol. The molecule has 0 spiro atoms. The summed E-state index contributed by atoms with van der Waals surface area (Å²) in [5.41, 5.74) is 0. The monoisotopic (exact) mass is 405 g/mol. The lowest BCUT2D eigenvalue weighted by Crippen LogP contribution is -2.51. The van der Waals surface area contributed by atoms with E-state index in [2.05, 4.69) is 5.32 Å². The van der Waals surface area contributed by atoms with Gasteiger partial charge < -0.3 is 15.2 Å². The first-order valence-electron chi connectivity index (χ1n) is 7.67. The fourth-order valence-corrected chi connectivity index (χ4v) is 3.03. The summed E-state index contributed by atoms with van der Waals surface area (Å²) < 4.78 is 44.2. The number of sulfonamides is 1. The van der Waals surface area contributed by atoms with Crippen LogP contribution in [0.4, 0.5) is 9.18 Å². The van der Waals surface area contributed by atoms with Crippen LogP contribution in [0, 0.1) is 5.82 Å².